The van der Waals surface area contributed by atoms with E-state index in [0.717, 1.165) is 46.8 Å². The number of amides is 1. The van der Waals surface area contributed by atoms with Crippen LogP contribution in [0.25, 0.3) is 11.1 Å². The van der Waals surface area contributed by atoms with E-state index in [9.17, 15) is 18.4 Å². The summed E-state index contributed by atoms with van der Waals surface area (Å²) in [5.74, 6) is -1.41. The van der Waals surface area contributed by atoms with Gasteiger partial charge in [0.1, 0.15) is 17.7 Å². The predicted molar refractivity (Wildman–Crippen MR) is 180 cm³/mol. The second-order valence-corrected chi connectivity index (χ2v) is 12.1. The lowest BCUT2D eigenvalue weighted by atomic mass is 9.93. The molecule has 236 valence electrons. The topological polar surface area (TPSA) is 58.6 Å². The van der Waals surface area contributed by atoms with Crippen LogP contribution in [0.2, 0.25) is 0 Å². The van der Waals surface area contributed by atoms with E-state index >= 15 is 0 Å². The number of esters is 1. The largest absolute Gasteiger partial charge is 0.467 e. The molecule has 0 radical (unpaired) electrons. The fourth-order valence-electron chi connectivity index (χ4n) is 5.39. The molecule has 4 rings (SSSR count). The Labute approximate surface area is 269 Å². The average molecular weight is 631 g/mol. The highest BCUT2D eigenvalue weighted by molar-refractivity contribution is 7.98. The van der Waals surface area contributed by atoms with Crippen LogP contribution < -0.4 is 10.2 Å². The van der Waals surface area contributed by atoms with Gasteiger partial charge in [-0.05, 0) is 102 Å². The van der Waals surface area contributed by atoms with Crippen molar-refractivity contribution in [3.05, 3.63) is 124 Å². The fourth-order valence-corrected chi connectivity index (χ4v) is 5.86. The van der Waals surface area contributed by atoms with Gasteiger partial charge in [-0.2, -0.15) is 11.8 Å². The molecule has 4 aromatic carbocycles. The number of carbonyl (C=O) groups excluding carboxylic acids is 2. The number of hydrogen-bond donors (Lipinski definition) is 1. The molecule has 0 saturated heterocycles. The molecular weight excluding hydrogens is 590 g/mol. The Morgan fingerprint density at radius 3 is 2.18 bits per heavy atom. The molecule has 0 heterocycles. The zero-order valence-corrected chi connectivity index (χ0v) is 27.1. The first-order valence-electron chi connectivity index (χ1n) is 15.1. The smallest absolute Gasteiger partial charge is 0.328 e. The normalized spacial score (nSPS) is 11.6. The summed E-state index contributed by atoms with van der Waals surface area (Å²) < 4.78 is 33.3. The monoisotopic (exact) mass is 630 g/mol. The van der Waals surface area contributed by atoms with E-state index in [-0.39, 0.29) is 12.5 Å². The fraction of sp³-hybridized carbons (Fsp3) is 0.297. The summed E-state index contributed by atoms with van der Waals surface area (Å²) >= 11 is 1.59. The van der Waals surface area contributed by atoms with Gasteiger partial charge < -0.3 is 15.0 Å². The first-order chi connectivity index (χ1) is 21.7. The number of thioether (sulfide) groups is 1. The van der Waals surface area contributed by atoms with E-state index in [4.69, 9.17) is 4.74 Å². The van der Waals surface area contributed by atoms with Crippen LogP contribution in [0.15, 0.2) is 84.9 Å². The molecule has 1 atom stereocenters. The van der Waals surface area contributed by atoms with Crippen LogP contribution in [-0.2, 0) is 29.0 Å². The molecule has 0 aromatic heterocycles. The minimum atomic E-state index is -0.766. The van der Waals surface area contributed by atoms with Crippen molar-refractivity contribution in [2.75, 3.05) is 24.0 Å². The number of nitrogens with zero attached hydrogens (tertiary/aromatic N) is 1. The molecule has 1 amide bonds. The van der Waals surface area contributed by atoms with Crippen molar-refractivity contribution in [3.8, 4) is 11.1 Å². The zero-order chi connectivity index (χ0) is 32.3. The van der Waals surface area contributed by atoms with Crippen LogP contribution in [0.4, 0.5) is 14.5 Å². The lowest BCUT2D eigenvalue weighted by Crippen LogP contribution is -2.42. The molecule has 5 nitrogen and oxygen atoms in total. The Morgan fingerprint density at radius 1 is 0.867 bits per heavy atom. The lowest BCUT2D eigenvalue weighted by molar-refractivity contribution is -0.142. The third-order valence-corrected chi connectivity index (χ3v) is 8.32. The van der Waals surface area contributed by atoms with Crippen LogP contribution in [0.1, 0.15) is 52.4 Å². The van der Waals surface area contributed by atoms with Gasteiger partial charge in [0.2, 0.25) is 0 Å². The summed E-state index contributed by atoms with van der Waals surface area (Å²) in [6.45, 7) is 4.82. The van der Waals surface area contributed by atoms with Crippen molar-refractivity contribution >= 4 is 29.3 Å². The van der Waals surface area contributed by atoms with E-state index in [1.54, 1.807) is 17.8 Å². The second-order valence-electron chi connectivity index (χ2n) is 11.1. The Morgan fingerprint density at radius 2 is 1.53 bits per heavy atom. The van der Waals surface area contributed by atoms with Gasteiger partial charge in [-0.15, -0.1) is 0 Å². The summed E-state index contributed by atoms with van der Waals surface area (Å²) in [5.41, 5.74) is 6.61. The highest BCUT2D eigenvalue weighted by Gasteiger charge is 2.24. The van der Waals surface area contributed by atoms with Gasteiger partial charge in [-0.1, -0.05) is 55.8 Å². The molecule has 0 spiro atoms. The van der Waals surface area contributed by atoms with Gasteiger partial charge in [0.05, 0.1) is 7.11 Å². The molecular formula is C37H40F2N2O3S. The number of hydrogen-bond acceptors (Lipinski definition) is 5. The summed E-state index contributed by atoms with van der Waals surface area (Å²) in [6, 6.07) is 24.5. The van der Waals surface area contributed by atoms with E-state index in [1.807, 2.05) is 61.7 Å². The Kier molecular flexibility index (Phi) is 12.2. The molecule has 4 aromatic rings. The van der Waals surface area contributed by atoms with Crippen molar-refractivity contribution in [1.82, 2.24) is 5.32 Å². The SMILES string of the molecule is CCCc1ccc(N(Cc2cc(F)cc(F)c2)Cc2ccc(C(=O)N[C@@H](CCSC)C(=O)OC)c(-c3ccccc3C)c2)cc1. The van der Waals surface area contributed by atoms with Crippen molar-refractivity contribution in [2.45, 2.75) is 52.2 Å². The number of benzene rings is 4. The standard InChI is InChI=1S/C37H40F2N2O3S/c1-5-8-26-11-14-31(15-12-26)41(24-28-19-29(38)22-30(39)20-28)23-27-13-16-33(34(21-27)32-10-7-6-9-25(32)2)36(42)40-35(17-18-45-4)37(43)44-3/h6-7,9-16,19-22,35H,5,8,17-18,23-24H2,1-4H3,(H,40,42)/t35-/m0/s1. The molecule has 0 unspecified atom stereocenters. The molecule has 8 heteroatoms. The summed E-state index contributed by atoms with van der Waals surface area (Å²) in [5, 5.41) is 2.89. The highest BCUT2D eigenvalue weighted by atomic mass is 32.2. The third-order valence-electron chi connectivity index (χ3n) is 7.67. The number of halogens is 2. The van der Waals surface area contributed by atoms with Gasteiger partial charge in [0.15, 0.2) is 0 Å². The average Bonchev–Trinajstić information content (AvgIpc) is 3.02. The first kappa shape index (κ1) is 33.7. The van der Waals surface area contributed by atoms with Gasteiger partial charge in [0.25, 0.3) is 5.91 Å². The molecule has 0 bridgehead atoms. The highest BCUT2D eigenvalue weighted by Crippen LogP contribution is 2.30. The van der Waals surface area contributed by atoms with Crippen LogP contribution in [0, 0.1) is 18.6 Å². The maximum atomic E-state index is 14.1. The second kappa shape index (κ2) is 16.2. The van der Waals surface area contributed by atoms with Gasteiger partial charge in [-0.25, -0.2) is 13.6 Å². The van der Waals surface area contributed by atoms with Crippen molar-refractivity contribution in [1.29, 1.82) is 0 Å². The van der Waals surface area contributed by atoms with Gasteiger partial charge in [-0.3, -0.25) is 4.79 Å². The van der Waals surface area contributed by atoms with Crippen LogP contribution in [-0.4, -0.2) is 37.0 Å². The molecule has 0 saturated carbocycles. The Hall–Kier alpha value is -4.17. The zero-order valence-electron chi connectivity index (χ0n) is 26.2. The van der Waals surface area contributed by atoms with Crippen molar-refractivity contribution in [3.63, 3.8) is 0 Å². The number of carbonyl (C=O) groups is 2. The lowest BCUT2D eigenvalue weighted by Gasteiger charge is -2.26. The Bertz CT molecular complexity index is 1590. The molecule has 0 aliphatic carbocycles. The summed E-state index contributed by atoms with van der Waals surface area (Å²) in [7, 11) is 1.31. The van der Waals surface area contributed by atoms with Crippen molar-refractivity contribution in [2.24, 2.45) is 0 Å². The van der Waals surface area contributed by atoms with E-state index in [1.165, 1.54) is 24.8 Å². The summed E-state index contributed by atoms with van der Waals surface area (Å²) in [4.78, 5) is 28.2. The molecule has 1 N–H and O–H groups in total. The van der Waals surface area contributed by atoms with Crippen molar-refractivity contribution < 1.29 is 23.1 Å². The molecule has 0 aliphatic rings. The number of rotatable bonds is 14. The van der Waals surface area contributed by atoms with E-state index in [0.29, 0.717) is 29.8 Å². The number of nitrogens with one attached hydrogen (secondary N) is 1. The third kappa shape index (κ3) is 9.17. The quantitative estimate of drug-likeness (QED) is 0.143. The first-order valence-corrected chi connectivity index (χ1v) is 16.5. The maximum Gasteiger partial charge on any atom is 0.328 e. The molecule has 0 fully saturated rings. The number of methoxy groups -OCH3 is 1. The van der Waals surface area contributed by atoms with Crippen LogP contribution >= 0.6 is 11.8 Å². The number of aryl methyl sites for hydroxylation is 2. The minimum absolute atomic E-state index is 0.278. The summed E-state index contributed by atoms with van der Waals surface area (Å²) in [6.07, 6.45) is 4.39. The van der Waals surface area contributed by atoms with E-state index in [2.05, 4.69) is 29.3 Å². The van der Waals surface area contributed by atoms with Crippen LogP contribution in [0.3, 0.4) is 0 Å². The van der Waals surface area contributed by atoms with Gasteiger partial charge >= 0.3 is 5.97 Å². The molecule has 45 heavy (non-hydrogen) atoms. The van der Waals surface area contributed by atoms with E-state index < -0.39 is 23.6 Å². The predicted octanol–water partition coefficient (Wildman–Crippen LogP) is 8.12. The maximum absolute atomic E-state index is 14.1. The Balaban J connectivity index is 1.73. The molecule has 0 aliphatic heterocycles. The number of ether oxygens (including phenoxy) is 1. The van der Waals surface area contributed by atoms with Crippen LogP contribution in [0.5, 0.6) is 0 Å². The van der Waals surface area contributed by atoms with Gasteiger partial charge in [0, 0.05) is 30.4 Å². The number of anilines is 1. The minimum Gasteiger partial charge on any atom is -0.467 e.